The lowest BCUT2D eigenvalue weighted by Gasteiger charge is -2.17. The number of methoxy groups -OCH3 is 1. The van der Waals surface area contributed by atoms with Gasteiger partial charge in [0.15, 0.2) is 0 Å². The van der Waals surface area contributed by atoms with Crippen molar-refractivity contribution in [1.82, 2.24) is 0 Å². The Kier molecular flexibility index (Phi) is 6.36. The molecule has 0 bridgehead atoms. The fraction of sp³-hybridized carbons (Fsp3) is 0.533. The summed E-state index contributed by atoms with van der Waals surface area (Å²) in [5.74, 6) is -0.287. The first-order chi connectivity index (χ1) is 9.06. The minimum Gasteiger partial charge on any atom is -0.459 e. The number of hydrogen-bond donors (Lipinski definition) is 1. The van der Waals surface area contributed by atoms with Gasteiger partial charge in [-0.25, -0.2) is 4.79 Å². The lowest BCUT2D eigenvalue weighted by atomic mass is 10.1. The van der Waals surface area contributed by atoms with E-state index in [1.165, 1.54) is 0 Å². The third kappa shape index (κ3) is 5.30. The van der Waals surface area contributed by atoms with Crippen LogP contribution >= 0.6 is 0 Å². The Bertz CT molecular complexity index is 387. The van der Waals surface area contributed by atoms with Crippen molar-refractivity contribution < 1.29 is 14.3 Å². The van der Waals surface area contributed by atoms with Crippen LogP contribution in [0, 0.1) is 0 Å². The average Bonchev–Trinajstić information content (AvgIpc) is 2.38. The van der Waals surface area contributed by atoms with Crippen molar-refractivity contribution in [2.75, 3.05) is 19.0 Å². The highest BCUT2D eigenvalue weighted by molar-refractivity contribution is 5.89. The van der Waals surface area contributed by atoms with E-state index in [1.54, 1.807) is 19.2 Å². The van der Waals surface area contributed by atoms with Crippen molar-refractivity contribution in [3.05, 3.63) is 29.8 Å². The minimum atomic E-state index is -0.287. The fourth-order valence-electron chi connectivity index (χ4n) is 1.68. The molecule has 0 radical (unpaired) electrons. The van der Waals surface area contributed by atoms with Gasteiger partial charge in [-0.15, -0.1) is 0 Å². The Morgan fingerprint density at radius 2 is 1.89 bits per heavy atom. The van der Waals surface area contributed by atoms with Crippen LogP contribution in [0.15, 0.2) is 24.3 Å². The summed E-state index contributed by atoms with van der Waals surface area (Å²) < 4.78 is 10.3. The lowest BCUT2D eigenvalue weighted by molar-refractivity contribution is 0.0378. The molecule has 106 valence electrons. The maximum absolute atomic E-state index is 11.7. The lowest BCUT2D eigenvalue weighted by Crippen LogP contribution is -2.23. The molecule has 0 aromatic heterocycles. The molecule has 0 spiro atoms. The maximum Gasteiger partial charge on any atom is 0.338 e. The second kappa shape index (κ2) is 7.79. The molecule has 0 saturated heterocycles. The van der Waals surface area contributed by atoms with E-state index in [2.05, 4.69) is 12.2 Å². The molecule has 1 unspecified atom stereocenters. The number of hydrogen-bond acceptors (Lipinski definition) is 4. The largest absolute Gasteiger partial charge is 0.459 e. The molecule has 1 N–H and O–H groups in total. The van der Waals surface area contributed by atoms with Crippen LogP contribution in [0.2, 0.25) is 0 Å². The second-order valence-electron chi connectivity index (χ2n) is 4.74. The van der Waals surface area contributed by atoms with Crippen LogP contribution in [0.3, 0.4) is 0 Å². The van der Waals surface area contributed by atoms with E-state index in [-0.39, 0.29) is 18.1 Å². The maximum atomic E-state index is 11.7. The highest BCUT2D eigenvalue weighted by atomic mass is 16.5. The molecule has 0 aliphatic heterocycles. The number of anilines is 1. The number of rotatable bonds is 7. The predicted octanol–water partition coefficient (Wildman–Crippen LogP) is 3.09. The van der Waals surface area contributed by atoms with Crippen LogP contribution in [0.1, 0.15) is 37.6 Å². The number of esters is 1. The van der Waals surface area contributed by atoms with E-state index in [1.807, 2.05) is 26.0 Å². The van der Waals surface area contributed by atoms with E-state index in [9.17, 15) is 4.79 Å². The zero-order valence-electron chi connectivity index (χ0n) is 12.1. The van der Waals surface area contributed by atoms with Gasteiger partial charge in [0.25, 0.3) is 0 Å². The van der Waals surface area contributed by atoms with Crippen LogP contribution in [0.4, 0.5) is 5.69 Å². The van der Waals surface area contributed by atoms with Gasteiger partial charge >= 0.3 is 5.97 Å². The third-order valence-corrected chi connectivity index (χ3v) is 2.69. The Labute approximate surface area is 115 Å². The smallest absolute Gasteiger partial charge is 0.338 e. The first kappa shape index (κ1) is 15.5. The highest BCUT2D eigenvalue weighted by Gasteiger charge is 2.10. The third-order valence-electron chi connectivity index (χ3n) is 2.69. The topological polar surface area (TPSA) is 47.6 Å². The van der Waals surface area contributed by atoms with Gasteiger partial charge in [0.05, 0.1) is 18.3 Å². The van der Waals surface area contributed by atoms with Crippen molar-refractivity contribution in [3.8, 4) is 0 Å². The van der Waals surface area contributed by atoms with E-state index >= 15 is 0 Å². The molecule has 0 fully saturated rings. The number of carbonyl (C=O) groups is 1. The second-order valence-corrected chi connectivity index (χ2v) is 4.74. The molecule has 0 aliphatic rings. The van der Waals surface area contributed by atoms with Crippen LogP contribution in [0.5, 0.6) is 0 Å². The van der Waals surface area contributed by atoms with Crippen molar-refractivity contribution in [3.63, 3.8) is 0 Å². The Hall–Kier alpha value is -1.55. The van der Waals surface area contributed by atoms with Crippen LogP contribution in [-0.2, 0) is 9.47 Å². The summed E-state index contributed by atoms with van der Waals surface area (Å²) in [4.78, 5) is 11.7. The molecule has 1 aromatic rings. The number of carbonyl (C=O) groups excluding carboxylic acids is 1. The van der Waals surface area contributed by atoms with E-state index in [0.29, 0.717) is 12.2 Å². The molecular formula is C15H23NO3. The van der Waals surface area contributed by atoms with Gasteiger partial charge in [0.1, 0.15) is 0 Å². The first-order valence-electron chi connectivity index (χ1n) is 6.63. The van der Waals surface area contributed by atoms with Gasteiger partial charge in [-0.1, -0.05) is 6.92 Å². The van der Waals surface area contributed by atoms with E-state index in [4.69, 9.17) is 9.47 Å². The summed E-state index contributed by atoms with van der Waals surface area (Å²) in [6, 6.07) is 7.59. The van der Waals surface area contributed by atoms with Crippen molar-refractivity contribution in [1.29, 1.82) is 0 Å². The monoisotopic (exact) mass is 265 g/mol. The summed E-state index contributed by atoms with van der Waals surface area (Å²) in [5, 5.41) is 3.36. The van der Waals surface area contributed by atoms with Gasteiger partial charge < -0.3 is 14.8 Å². The Balaban J connectivity index is 2.63. The highest BCUT2D eigenvalue weighted by Crippen LogP contribution is 2.13. The minimum absolute atomic E-state index is 0.100. The summed E-state index contributed by atoms with van der Waals surface area (Å²) in [6.45, 7) is 6.44. The summed E-state index contributed by atoms with van der Waals surface area (Å²) in [7, 11) is 1.69. The number of benzene rings is 1. The summed E-state index contributed by atoms with van der Waals surface area (Å²) >= 11 is 0. The molecule has 0 saturated carbocycles. The molecule has 4 heteroatoms. The van der Waals surface area contributed by atoms with Gasteiger partial charge in [-0.05, 0) is 44.5 Å². The summed E-state index contributed by atoms with van der Waals surface area (Å²) in [5.41, 5.74) is 1.55. The van der Waals surface area contributed by atoms with Crippen LogP contribution < -0.4 is 5.32 Å². The molecule has 1 atom stereocenters. The molecule has 0 aliphatic carbocycles. The van der Waals surface area contributed by atoms with Gasteiger partial charge in [-0.2, -0.15) is 0 Å². The molecule has 4 nitrogen and oxygen atoms in total. The van der Waals surface area contributed by atoms with Crippen molar-refractivity contribution in [2.45, 2.75) is 39.3 Å². The molecule has 19 heavy (non-hydrogen) atoms. The van der Waals surface area contributed by atoms with Crippen molar-refractivity contribution in [2.24, 2.45) is 0 Å². The molecule has 1 rings (SSSR count). The normalized spacial score (nSPS) is 12.3. The predicted molar refractivity (Wildman–Crippen MR) is 76.6 cm³/mol. The van der Waals surface area contributed by atoms with E-state index < -0.39 is 0 Å². The zero-order chi connectivity index (χ0) is 14.3. The average molecular weight is 265 g/mol. The summed E-state index contributed by atoms with van der Waals surface area (Å²) in [6.07, 6.45) is 0.877. The Morgan fingerprint density at radius 3 is 2.37 bits per heavy atom. The SMILES string of the molecule is CCC(COC)Nc1ccc(C(=O)OC(C)C)cc1. The van der Waals surface area contributed by atoms with Gasteiger partial charge in [-0.3, -0.25) is 0 Å². The van der Waals surface area contributed by atoms with Crippen molar-refractivity contribution >= 4 is 11.7 Å². The molecule has 0 amide bonds. The van der Waals surface area contributed by atoms with Gasteiger partial charge in [0.2, 0.25) is 0 Å². The van der Waals surface area contributed by atoms with E-state index in [0.717, 1.165) is 12.1 Å². The molecule has 1 aromatic carbocycles. The zero-order valence-corrected chi connectivity index (χ0v) is 12.1. The molecular weight excluding hydrogens is 242 g/mol. The van der Waals surface area contributed by atoms with Gasteiger partial charge in [0, 0.05) is 18.8 Å². The fourth-order valence-corrected chi connectivity index (χ4v) is 1.68. The van der Waals surface area contributed by atoms with Crippen LogP contribution in [-0.4, -0.2) is 31.8 Å². The van der Waals surface area contributed by atoms with Crippen LogP contribution in [0.25, 0.3) is 0 Å². The standard InChI is InChI=1S/C15H23NO3/c1-5-13(10-18-4)16-14-8-6-12(7-9-14)15(17)19-11(2)3/h6-9,11,13,16H,5,10H2,1-4H3. The number of nitrogens with one attached hydrogen (secondary N) is 1. The first-order valence-corrected chi connectivity index (χ1v) is 6.63. The quantitative estimate of drug-likeness (QED) is 0.770. The number of ether oxygens (including phenoxy) is 2. The Morgan fingerprint density at radius 1 is 1.26 bits per heavy atom. The molecule has 0 heterocycles.